The minimum absolute atomic E-state index is 0.0265. The lowest BCUT2D eigenvalue weighted by atomic mass is 10.1. The summed E-state index contributed by atoms with van der Waals surface area (Å²) >= 11 is 0. The van der Waals surface area contributed by atoms with Crippen LogP contribution in [0.1, 0.15) is 30.5 Å². The van der Waals surface area contributed by atoms with Gasteiger partial charge in [0.1, 0.15) is 6.61 Å². The van der Waals surface area contributed by atoms with Crippen molar-refractivity contribution in [1.82, 2.24) is 21.1 Å². The van der Waals surface area contributed by atoms with Crippen molar-refractivity contribution in [3.63, 3.8) is 0 Å². The Labute approximate surface area is 178 Å². The average molecular weight is 434 g/mol. The number of β-amino-alcohol motifs (C(OH)–C–C–N with tert-alkyl or cyclic N) is 1. The van der Waals surface area contributed by atoms with Gasteiger partial charge in [-0.1, -0.05) is 29.4 Å². The van der Waals surface area contributed by atoms with Crippen LogP contribution in [0, 0.1) is 0 Å². The van der Waals surface area contributed by atoms with Crippen LogP contribution >= 0.6 is 0 Å². The molecule has 0 aliphatic carbocycles. The van der Waals surface area contributed by atoms with Gasteiger partial charge in [-0.05, 0) is 18.6 Å². The molecule has 9 nitrogen and oxygen atoms in total. The van der Waals surface area contributed by atoms with Crippen LogP contribution in [0.15, 0.2) is 52.9 Å². The summed E-state index contributed by atoms with van der Waals surface area (Å²) in [4.78, 5) is 9.56. The standard InChI is InChI=1S/C20H24F2N6O3/c1-14(25-31-12-15-3-6-17(7-4-15)20(2,21)22)16-5-8-19(23-11-16)30-13-18-24-26-27-28(18)9-10-29/h3-8,11,26-27,29H,9-10,12-13H2,1-2H3. The lowest BCUT2D eigenvalue weighted by molar-refractivity contribution is 0.0174. The highest BCUT2D eigenvalue weighted by Gasteiger charge is 2.23. The Bertz CT molecular complexity index is 914. The van der Waals surface area contributed by atoms with Crippen LogP contribution in [0.3, 0.4) is 0 Å². The summed E-state index contributed by atoms with van der Waals surface area (Å²) in [6, 6.07) is 9.43. The molecule has 3 rings (SSSR count). The van der Waals surface area contributed by atoms with Gasteiger partial charge in [-0.15, -0.1) is 10.6 Å². The highest BCUT2D eigenvalue weighted by atomic mass is 19.3. The van der Waals surface area contributed by atoms with E-state index in [2.05, 4.69) is 26.3 Å². The number of hydrogen-bond acceptors (Lipinski definition) is 9. The normalized spacial score (nSPS) is 14.3. The van der Waals surface area contributed by atoms with Crippen molar-refractivity contribution in [2.75, 3.05) is 19.8 Å². The predicted molar refractivity (Wildman–Crippen MR) is 110 cm³/mol. The largest absolute Gasteiger partial charge is 0.469 e. The van der Waals surface area contributed by atoms with E-state index in [1.807, 2.05) is 0 Å². The van der Waals surface area contributed by atoms with Crippen molar-refractivity contribution in [2.45, 2.75) is 26.4 Å². The third-order valence-corrected chi connectivity index (χ3v) is 4.40. The maximum atomic E-state index is 13.2. The van der Waals surface area contributed by atoms with Crippen molar-refractivity contribution in [3.05, 3.63) is 59.3 Å². The second-order valence-electron chi connectivity index (χ2n) is 6.84. The Morgan fingerprint density at radius 2 is 1.97 bits per heavy atom. The molecule has 0 fully saturated rings. The molecule has 2 heterocycles. The molecule has 0 unspecified atom stereocenters. The second-order valence-corrected chi connectivity index (χ2v) is 6.84. The predicted octanol–water partition coefficient (Wildman–Crippen LogP) is 2.14. The van der Waals surface area contributed by atoms with Gasteiger partial charge in [-0.25, -0.2) is 19.3 Å². The third kappa shape index (κ3) is 6.33. The molecule has 0 saturated carbocycles. The number of pyridine rings is 1. The van der Waals surface area contributed by atoms with Crippen molar-refractivity contribution in [3.8, 4) is 5.88 Å². The first kappa shape index (κ1) is 22.4. The van der Waals surface area contributed by atoms with Crippen LogP contribution in [0.5, 0.6) is 5.88 Å². The molecule has 0 bridgehead atoms. The van der Waals surface area contributed by atoms with Gasteiger partial charge < -0.3 is 14.7 Å². The maximum Gasteiger partial charge on any atom is 0.270 e. The number of hydrazone groups is 1. The van der Waals surface area contributed by atoms with Gasteiger partial charge in [0.15, 0.2) is 12.4 Å². The summed E-state index contributed by atoms with van der Waals surface area (Å²) in [5.41, 5.74) is 7.41. The van der Waals surface area contributed by atoms with Gasteiger partial charge in [0, 0.05) is 30.3 Å². The fourth-order valence-electron chi connectivity index (χ4n) is 2.64. The van der Waals surface area contributed by atoms with Crippen LogP contribution < -0.4 is 15.8 Å². The smallest absolute Gasteiger partial charge is 0.270 e. The number of aromatic nitrogens is 1. The van der Waals surface area contributed by atoms with Gasteiger partial charge in [-0.3, -0.25) is 5.01 Å². The zero-order valence-electron chi connectivity index (χ0n) is 17.2. The molecule has 31 heavy (non-hydrogen) atoms. The number of aliphatic hydroxyl groups excluding tert-OH is 1. The number of hydrogen-bond donors (Lipinski definition) is 3. The van der Waals surface area contributed by atoms with E-state index in [0.717, 1.165) is 18.1 Å². The van der Waals surface area contributed by atoms with Gasteiger partial charge >= 0.3 is 0 Å². The lowest BCUT2D eigenvalue weighted by Crippen LogP contribution is -2.44. The van der Waals surface area contributed by atoms with E-state index in [1.54, 1.807) is 42.4 Å². The fourth-order valence-corrected chi connectivity index (χ4v) is 2.64. The Balaban J connectivity index is 1.49. The molecule has 1 aromatic heterocycles. The number of benzene rings is 1. The highest BCUT2D eigenvalue weighted by molar-refractivity contribution is 5.98. The topological polar surface area (TPSA) is 104 Å². The number of nitrogens with one attached hydrogen (secondary N) is 2. The van der Waals surface area contributed by atoms with Crippen molar-refractivity contribution >= 4 is 11.5 Å². The van der Waals surface area contributed by atoms with Gasteiger partial charge in [0.25, 0.3) is 5.92 Å². The Hall–Kier alpha value is -3.31. The highest BCUT2D eigenvalue weighted by Crippen LogP contribution is 2.26. The van der Waals surface area contributed by atoms with Gasteiger partial charge in [0.2, 0.25) is 5.88 Å². The van der Waals surface area contributed by atoms with Crippen LogP contribution in [0.25, 0.3) is 0 Å². The first-order valence-electron chi connectivity index (χ1n) is 9.55. The SMILES string of the molecule is CC(=NOCc1ccc(C(C)(F)F)cc1)c1ccc(OCC2=NNNN2CCO)nc1. The minimum Gasteiger partial charge on any atom is -0.469 e. The molecule has 1 aliphatic rings. The zero-order chi connectivity index (χ0) is 22.3. The van der Waals surface area contributed by atoms with Crippen LogP contribution in [0.4, 0.5) is 8.78 Å². The van der Waals surface area contributed by atoms with Crippen LogP contribution in [-0.4, -0.2) is 46.4 Å². The van der Waals surface area contributed by atoms with Crippen molar-refractivity contribution in [1.29, 1.82) is 0 Å². The Morgan fingerprint density at radius 1 is 1.19 bits per heavy atom. The number of nitrogens with zero attached hydrogens (tertiary/aromatic N) is 4. The minimum atomic E-state index is -2.87. The molecule has 0 saturated heterocycles. The molecule has 0 radical (unpaired) electrons. The summed E-state index contributed by atoms with van der Waals surface area (Å²) in [7, 11) is 0. The summed E-state index contributed by atoms with van der Waals surface area (Å²) in [5, 5.41) is 18.7. The third-order valence-electron chi connectivity index (χ3n) is 4.40. The maximum absolute atomic E-state index is 13.2. The molecule has 0 amide bonds. The van der Waals surface area contributed by atoms with E-state index in [4.69, 9.17) is 14.7 Å². The number of oxime groups is 1. The van der Waals surface area contributed by atoms with Gasteiger partial charge in [0.05, 0.1) is 18.9 Å². The number of aliphatic hydroxyl groups is 1. The van der Waals surface area contributed by atoms with Crippen LogP contribution in [-0.2, 0) is 17.4 Å². The molecule has 3 N–H and O–H groups in total. The average Bonchev–Trinajstić information content (AvgIpc) is 3.19. The van der Waals surface area contributed by atoms with E-state index >= 15 is 0 Å². The summed E-state index contributed by atoms with van der Waals surface area (Å²) in [5.74, 6) is -1.88. The van der Waals surface area contributed by atoms with Crippen molar-refractivity contribution < 1.29 is 23.5 Å². The molecular weight excluding hydrogens is 410 g/mol. The van der Waals surface area contributed by atoms with E-state index < -0.39 is 5.92 Å². The number of rotatable bonds is 10. The number of amidine groups is 1. The molecule has 166 valence electrons. The Morgan fingerprint density at radius 3 is 2.61 bits per heavy atom. The first-order chi connectivity index (χ1) is 14.9. The molecule has 1 aromatic carbocycles. The number of hydrazine groups is 2. The van der Waals surface area contributed by atoms with Gasteiger partial charge in [-0.2, -0.15) is 0 Å². The number of ether oxygens (including phenoxy) is 1. The van der Waals surface area contributed by atoms with E-state index in [-0.39, 0.29) is 25.4 Å². The lowest BCUT2D eigenvalue weighted by Gasteiger charge is -2.17. The molecule has 0 atom stereocenters. The summed E-state index contributed by atoms with van der Waals surface area (Å²) in [6.45, 7) is 3.31. The number of alkyl halides is 2. The second kappa shape index (κ2) is 10.1. The molecule has 1 aliphatic heterocycles. The van der Waals surface area contributed by atoms with E-state index in [1.165, 1.54) is 12.1 Å². The fraction of sp³-hybridized carbons (Fsp3) is 0.350. The van der Waals surface area contributed by atoms with Crippen molar-refractivity contribution in [2.24, 2.45) is 10.3 Å². The van der Waals surface area contributed by atoms with E-state index in [9.17, 15) is 8.78 Å². The quantitative estimate of drug-likeness (QED) is 0.389. The molecule has 2 aromatic rings. The molecular formula is C20H24F2N6O3. The molecule has 11 heteroatoms. The first-order valence-corrected chi connectivity index (χ1v) is 9.55. The Kier molecular flexibility index (Phi) is 7.32. The zero-order valence-corrected chi connectivity index (χ0v) is 17.2. The van der Waals surface area contributed by atoms with Crippen LogP contribution in [0.2, 0.25) is 0 Å². The number of halogens is 2. The van der Waals surface area contributed by atoms with E-state index in [0.29, 0.717) is 24.0 Å². The monoisotopic (exact) mass is 434 g/mol. The molecule has 0 spiro atoms. The summed E-state index contributed by atoms with van der Waals surface area (Å²) in [6.07, 6.45) is 1.61. The summed E-state index contributed by atoms with van der Waals surface area (Å²) < 4.78 is 32.1.